The molecule has 7 heteroatoms. The highest BCUT2D eigenvalue weighted by Crippen LogP contribution is 2.31. The van der Waals surface area contributed by atoms with Crippen LogP contribution in [0, 0.1) is 5.82 Å². The van der Waals surface area contributed by atoms with Crippen LogP contribution in [0.3, 0.4) is 0 Å². The first-order chi connectivity index (χ1) is 13.7. The minimum absolute atomic E-state index is 0.0766. The Kier molecular flexibility index (Phi) is 4.20. The molecular weight excluding hydrogens is 377 g/mol. The van der Waals surface area contributed by atoms with Gasteiger partial charge in [0, 0.05) is 16.8 Å². The molecule has 0 atom stereocenters. The fourth-order valence-electron chi connectivity index (χ4n) is 3.59. The van der Waals surface area contributed by atoms with Crippen LogP contribution in [-0.2, 0) is 12.8 Å². The topological polar surface area (TPSA) is 55.1 Å². The number of benzene rings is 2. The van der Waals surface area contributed by atoms with Crippen molar-refractivity contribution in [2.24, 2.45) is 0 Å². The summed E-state index contributed by atoms with van der Waals surface area (Å²) in [7, 11) is 0. The fourth-order valence-corrected chi connectivity index (χ4v) is 3.77. The van der Waals surface area contributed by atoms with Gasteiger partial charge in [0.05, 0.1) is 10.7 Å². The quantitative estimate of drug-likeness (QED) is 0.519. The Balaban J connectivity index is 1.68. The molecule has 0 radical (unpaired) electrons. The highest BCUT2D eigenvalue weighted by Gasteiger charge is 2.21. The van der Waals surface area contributed by atoms with Gasteiger partial charge < -0.3 is 5.32 Å². The SMILES string of the molecule is Fc1ccc(Nc2c3c(nc4nc(-c5ccccc5)nn24)CCCC3)cc1Cl. The second-order valence-corrected chi connectivity index (χ2v) is 7.27. The molecule has 4 aromatic rings. The van der Waals surface area contributed by atoms with Gasteiger partial charge in [0.1, 0.15) is 11.6 Å². The number of nitrogens with zero attached hydrogens (tertiary/aromatic N) is 4. The summed E-state index contributed by atoms with van der Waals surface area (Å²) in [6.45, 7) is 0. The van der Waals surface area contributed by atoms with Crippen LogP contribution in [-0.4, -0.2) is 19.6 Å². The zero-order chi connectivity index (χ0) is 19.1. The van der Waals surface area contributed by atoms with Crippen molar-refractivity contribution in [2.75, 3.05) is 5.32 Å². The van der Waals surface area contributed by atoms with Crippen molar-refractivity contribution in [3.63, 3.8) is 0 Å². The van der Waals surface area contributed by atoms with Crippen LogP contribution in [0.25, 0.3) is 17.2 Å². The molecule has 0 fully saturated rings. The maximum Gasteiger partial charge on any atom is 0.254 e. The average molecular weight is 394 g/mol. The van der Waals surface area contributed by atoms with Crippen LogP contribution < -0.4 is 5.32 Å². The molecular formula is C21H17ClFN5. The van der Waals surface area contributed by atoms with E-state index in [4.69, 9.17) is 21.7 Å². The molecule has 1 aliphatic carbocycles. The number of aromatic nitrogens is 4. The number of nitrogens with one attached hydrogen (secondary N) is 1. The second kappa shape index (κ2) is 6.87. The Bertz CT molecular complexity index is 1170. The van der Waals surface area contributed by atoms with E-state index in [0.29, 0.717) is 17.3 Å². The monoisotopic (exact) mass is 393 g/mol. The average Bonchev–Trinajstić information content (AvgIpc) is 3.15. The Labute approximate surface area is 166 Å². The lowest BCUT2D eigenvalue weighted by molar-refractivity contribution is 0.628. The number of halogens is 2. The summed E-state index contributed by atoms with van der Waals surface area (Å²) in [5.41, 5.74) is 3.80. The van der Waals surface area contributed by atoms with Gasteiger partial charge in [-0.05, 0) is 43.9 Å². The van der Waals surface area contributed by atoms with Gasteiger partial charge in [0.25, 0.3) is 5.78 Å². The molecule has 5 nitrogen and oxygen atoms in total. The molecule has 28 heavy (non-hydrogen) atoms. The summed E-state index contributed by atoms with van der Waals surface area (Å²) >= 11 is 5.96. The van der Waals surface area contributed by atoms with E-state index in [0.717, 1.165) is 48.3 Å². The molecule has 2 aromatic heterocycles. The summed E-state index contributed by atoms with van der Waals surface area (Å²) in [4.78, 5) is 9.40. The number of anilines is 2. The first-order valence-electron chi connectivity index (χ1n) is 9.25. The maximum atomic E-state index is 13.6. The van der Waals surface area contributed by atoms with E-state index in [1.54, 1.807) is 16.6 Å². The summed E-state index contributed by atoms with van der Waals surface area (Å²) in [5, 5.41) is 8.15. The Morgan fingerprint density at radius 2 is 1.82 bits per heavy atom. The minimum Gasteiger partial charge on any atom is -0.340 e. The van der Waals surface area contributed by atoms with Crippen LogP contribution in [0.2, 0.25) is 5.02 Å². The lowest BCUT2D eigenvalue weighted by atomic mass is 9.96. The molecule has 0 saturated heterocycles. The van der Waals surface area contributed by atoms with Gasteiger partial charge in [-0.25, -0.2) is 9.37 Å². The van der Waals surface area contributed by atoms with E-state index in [9.17, 15) is 4.39 Å². The number of fused-ring (bicyclic) bond motifs is 2. The minimum atomic E-state index is -0.443. The van der Waals surface area contributed by atoms with E-state index in [1.165, 1.54) is 6.07 Å². The molecule has 0 saturated carbocycles. The molecule has 0 spiro atoms. The molecule has 2 heterocycles. The molecule has 140 valence electrons. The molecule has 5 rings (SSSR count). The van der Waals surface area contributed by atoms with Crippen molar-refractivity contribution >= 4 is 28.9 Å². The van der Waals surface area contributed by atoms with Gasteiger partial charge in [0.2, 0.25) is 0 Å². The molecule has 2 aromatic carbocycles. The largest absolute Gasteiger partial charge is 0.340 e. The van der Waals surface area contributed by atoms with Crippen molar-refractivity contribution < 1.29 is 4.39 Å². The van der Waals surface area contributed by atoms with Gasteiger partial charge >= 0.3 is 0 Å². The normalized spacial score (nSPS) is 13.5. The zero-order valence-corrected chi connectivity index (χ0v) is 15.7. The first-order valence-corrected chi connectivity index (χ1v) is 9.63. The Morgan fingerprint density at radius 1 is 1.00 bits per heavy atom. The van der Waals surface area contributed by atoms with Crippen molar-refractivity contribution in [1.82, 2.24) is 19.6 Å². The summed E-state index contributed by atoms with van der Waals surface area (Å²) in [6, 6.07) is 14.4. The van der Waals surface area contributed by atoms with Crippen molar-refractivity contribution in [3.05, 3.63) is 70.6 Å². The highest BCUT2D eigenvalue weighted by atomic mass is 35.5. The van der Waals surface area contributed by atoms with Gasteiger partial charge in [0.15, 0.2) is 5.82 Å². The highest BCUT2D eigenvalue weighted by molar-refractivity contribution is 6.31. The van der Waals surface area contributed by atoms with Crippen LogP contribution >= 0.6 is 11.6 Å². The number of hydrogen-bond donors (Lipinski definition) is 1. The molecule has 0 bridgehead atoms. The third-order valence-corrected chi connectivity index (χ3v) is 5.27. The van der Waals surface area contributed by atoms with E-state index in [-0.39, 0.29) is 5.02 Å². The van der Waals surface area contributed by atoms with E-state index < -0.39 is 5.82 Å². The van der Waals surface area contributed by atoms with Gasteiger partial charge in [-0.15, -0.1) is 5.10 Å². The Hall–Kier alpha value is -2.99. The smallest absolute Gasteiger partial charge is 0.254 e. The molecule has 1 N–H and O–H groups in total. The van der Waals surface area contributed by atoms with Crippen LogP contribution in [0.15, 0.2) is 48.5 Å². The lowest BCUT2D eigenvalue weighted by Gasteiger charge is -2.20. The predicted molar refractivity (Wildman–Crippen MR) is 108 cm³/mol. The van der Waals surface area contributed by atoms with Crippen LogP contribution in [0.1, 0.15) is 24.1 Å². The third-order valence-electron chi connectivity index (χ3n) is 4.98. The fraction of sp³-hybridized carbons (Fsp3) is 0.190. The first kappa shape index (κ1) is 17.1. The van der Waals surface area contributed by atoms with E-state index in [2.05, 4.69) is 10.3 Å². The zero-order valence-electron chi connectivity index (χ0n) is 15.0. The maximum absolute atomic E-state index is 13.6. The van der Waals surface area contributed by atoms with Crippen LogP contribution in [0.4, 0.5) is 15.9 Å². The molecule has 0 aliphatic heterocycles. The summed E-state index contributed by atoms with van der Waals surface area (Å²) in [5.74, 6) is 1.55. The van der Waals surface area contributed by atoms with E-state index in [1.807, 2.05) is 30.3 Å². The van der Waals surface area contributed by atoms with Crippen molar-refractivity contribution in [3.8, 4) is 11.4 Å². The molecule has 1 aliphatic rings. The number of hydrogen-bond acceptors (Lipinski definition) is 4. The van der Waals surface area contributed by atoms with Crippen LogP contribution in [0.5, 0.6) is 0 Å². The third kappa shape index (κ3) is 2.99. The van der Waals surface area contributed by atoms with Crippen molar-refractivity contribution in [1.29, 1.82) is 0 Å². The lowest BCUT2D eigenvalue weighted by Crippen LogP contribution is -2.13. The van der Waals surface area contributed by atoms with E-state index >= 15 is 0 Å². The van der Waals surface area contributed by atoms with Gasteiger partial charge in [-0.3, -0.25) is 0 Å². The molecule has 0 amide bonds. The second-order valence-electron chi connectivity index (χ2n) is 6.86. The molecule has 0 unspecified atom stereocenters. The Morgan fingerprint density at radius 3 is 2.64 bits per heavy atom. The van der Waals surface area contributed by atoms with Gasteiger partial charge in [-0.1, -0.05) is 41.9 Å². The standard InChI is InChI=1S/C21H17ClFN5/c22-16-12-14(10-11-17(16)23)24-20-15-8-4-5-9-18(15)25-21-26-19(27-28(20)21)13-6-2-1-3-7-13/h1-3,6-7,10-12,24H,4-5,8-9H2. The van der Waals surface area contributed by atoms with Gasteiger partial charge in [-0.2, -0.15) is 9.50 Å². The summed E-state index contributed by atoms with van der Waals surface area (Å²) < 4.78 is 15.3. The predicted octanol–water partition coefficient (Wildman–Crippen LogP) is 5.21. The number of rotatable bonds is 3. The summed E-state index contributed by atoms with van der Waals surface area (Å²) in [6.07, 6.45) is 4.03. The number of aryl methyl sites for hydroxylation is 1. The van der Waals surface area contributed by atoms with Crippen molar-refractivity contribution in [2.45, 2.75) is 25.7 Å².